The molecule has 6 heteroatoms. The zero-order chi connectivity index (χ0) is 19.5. The van der Waals surface area contributed by atoms with Gasteiger partial charge in [0.15, 0.2) is 0 Å². The lowest BCUT2D eigenvalue weighted by atomic mass is 9.85. The fraction of sp³-hybridized carbons (Fsp3) is 0.900. The normalized spacial score (nSPS) is 22.3. The third-order valence-electron chi connectivity index (χ3n) is 6.16. The first-order chi connectivity index (χ1) is 12.2. The van der Waals surface area contributed by atoms with E-state index in [1.54, 1.807) is 0 Å². The lowest BCUT2D eigenvalue weighted by Gasteiger charge is -2.44. The first-order valence-electron chi connectivity index (χ1n) is 10.2. The van der Waals surface area contributed by atoms with Crippen molar-refractivity contribution in [3.8, 4) is 0 Å². The van der Waals surface area contributed by atoms with Crippen molar-refractivity contribution < 1.29 is 9.59 Å². The summed E-state index contributed by atoms with van der Waals surface area (Å²) in [6.07, 6.45) is 3.58. The second-order valence-electron chi connectivity index (χ2n) is 8.70. The zero-order valence-electron chi connectivity index (χ0n) is 17.6. The Balaban J connectivity index is 2.19. The molecule has 0 saturated carbocycles. The molecule has 1 unspecified atom stereocenters. The monoisotopic (exact) mass is 366 g/mol. The molecule has 0 aliphatic carbocycles. The van der Waals surface area contributed by atoms with Crippen LogP contribution >= 0.6 is 0 Å². The number of nitrogens with zero attached hydrogens (tertiary/aromatic N) is 4. The summed E-state index contributed by atoms with van der Waals surface area (Å²) in [5, 5.41) is 0. The third kappa shape index (κ3) is 4.22. The van der Waals surface area contributed by atoms with Crippen LogP contribution in [0.4, 0.5) is 4.79 Å². The van der Waals surface area contributed by atoms with Crippen LogP contribution in [0.3, 0.4) is 0 Å². The summed E-state index contributed by atoms with van der Waals surface area (Å²) >= 11 is 0. The molecule has 2 aliphatic heterocycles. The van der Waals surface area contributed by atoms with Crippen molar-refractivity contribution in [3.63, 3.8) is 0 Å². The molecule has 0 N–H and O–H groups in total. The van der Waals surface area contributed by atoms with Gasteiger partial charge in [-0.05, 0) is 52.6 Å². The fourth-order valence-electron chi connectivity index (χ4n) is 4.05. The van der Waals surface area contributed by atoms with E-state index in [-0.39, 0.29) is 11.9 Å². The van der Waals surface area contributed by atoms with Crippen molar-refractivity contribution in [1.82, 2.24) is 19.6 Å². The molecule has 2 fully saturated rings. The van der Waals surface area contributed by atoms with E-state index in [1.165, 1.54) is 4.90 Å². The van der Waals surface area contributed by atoms with Gasteiger partial charge in [0, 0.05) is 38.8 Å². The van der Waals surface area contributed by atoms with Gasteiger partial charge in [-0.15, -0.1) is 0 Å². The van der Waals surface area contributed by atoms with Crippen LogP contribution in [0.25, 0.3) is 0 Å². The van der Waals surface area contributed by atoms with Crippen molar-refractivity contribution >= 4 is 11.9 Å². The summed E-state index contributed by atoms with van der Waals surface area (Å²) in [5.41, 5.74) is -0.609. The van der Waals surface area contributed by atoms with Crippen LogP contribution in [0.2, 0.25) is 0 Å². The first kappa shape index (κ1) is 21.2. The summed E-state index contributed by atoms with van der Waals surface area (Å²) in [4.78, 5) is 34.3. The van der Waals surface area contributed by atoms with Crippen molar-refractivity contribution in [2.45, 2.75) is 65.0 Å². The van der Waals surface area contributed by atoms with E-state index < -0.39 is 5.54 Å². The summed E-state index contributed by atoms with van der Waals surface area (Å²) in [6, 6.07) is 0.461. The summed E-state index contributed by atoms with van der Waals surface area (Å²) in [6.45, 7) is 12.5. The lowest BCUT2D eigenvalue weighted by molar-refractivity contribution is -0.136. The Morgan fingerprint density at radius 2 is 1.69 bits per heavy atom. The standard InChI is InChI=1S/C20H38N4O2/c1-7-17(4)22-12-9-20(10-13-22)18(25)23(15-14-21(5)6)19(26)24(20)11-8-16(2)3/h16-17H,7-15H2,1-6H3. The average molecular weight is 367 g/mol. The maximum atomic E-state index is 13.3. The maximum absolute atomic E-state index is 13.3. The predicted octanol–water partition coefficient (Wildman–Crippen LogP) is 2.49. The van der Waals surface area contributed by atoms with Gasteiger partial charge in [-0.2, -0.15) is 0 Å². The van der Waals surface area contributed by atoms with E-state index in [9.17, 15) is 9.59 Å². The van der Waals surface area contributed by atoms with Crippen molar-refractivity contribution in [2.24, 2.45) is 5.92 Å². The van der Waals surface area contributed by atoms with E-state index >= 15 is 0 Å². The molecule has 26 heavy (non-hydrogen) atoms. The highest BCUT2D eigenvalue weighted by atomic mass is 16.2. The average Bonchev–Trinajstić information content (AvgIpc) is 2.78. The number of likely N-dealkylation sites (tertiary alicyclic amines) is 1. The van der Waals surface area contributed by atoms with E-state index in [1.807, 2.05) is 23.9 Å². The van der Waals surface area contributed by atoms with Crippen molar-refractivity contribution in [3.05, 3.63) is 0 Å². The minimum Gasteiger partial charge on any atom is -0.309 e. The largest absolute Gasteiger partial charge is 0.327 e. The van der Waals surface area contributed by atoms with Crippen LogP contribution in [0.5, 0.6) is 0 Å². The number of carbonyl (C=O) groups is 2. The number of piperidine rings is 1. The van der Waals surface area contributed by atoms with Gasteiger partial charge in [-0.25, -0.2) is 4.79 Å². The number of hydrogen-bond donors (Lipinski definition) is 0. The highest BCUT2D eigenvalue weighted by Crippen LogP contribution is 2.38. The van der Waals surface area contributed by atoms with Gasteiger partial charge in [-0.1, -0.05) is 20.8 Å². The molecule has 2 rings (SSSR count). The zero-order valence-corrected chi connectivity index (χ0v) is 17.6. The summed E-state index contributed by atoms with van der Waals surface area (Å²) < 4.78 is 0. The maximum Gasteiger partial charge on any atom is 0.327 e. The van der Waals surface area contributed by atoms with Crippen LogP contribution in [0.15, 0.2) is 0 Å². The Kier molecular flexibility index (Phi) is 7.08. The molecule has 1 spiro atoms. The number of amides is 3. The minimum absolute atomic E-state index is 0.0388. The topological polar surface area (TPSA) is 47.1 Å². The van der Waals surface area contributed by atoms with Gasteiger partial charge in [0.1, 0.15) is 5.54 Å². The molecule has 1 atom stereocenters. The smallest absolute Gasteiger partial charge is 0.309 e. The van der Waals surface area contributed by atoms with Crippen molar-refractivity contribution in [2.75, 3.05) is 46.8 Å². The quantitative estimate of drug-likeness (QED) is 0.619. The molecule has 6 nitrogen and oxygen atoms in total. The Hall–Kier alpha value is -1.14. The Morgan fingerprint density at radius 3 is 2.19 bits per heavy atom. The van der Waals surface area contributed by atoms with Gasteiger partial charge in [0.2, 0.25) is 0 Å². The van der Waals surface area contributed by atoms with Gasteiger partial charge in [-0.3, -0.25) is 9.69 Å². The second-order valence-corrected chi connectivity index (χ2v) is 8.70. The number of imide groups is 1. The van der Waals surface area contributed by atoms with Crippen molar-refractivity contribution in [1.29, 1.82) is 0 Å². The molecular weight excluding hydrogens is 328 g/mol. The fourth-order valence-corrected chi connectivity index (χ4v) is 4.05. The highest BCUT2D eigenvalue weighted by molar-refractivity contribution is 6.07. The molecule has 0 aromatic carbocycles. The Labute approximate surface area is 159 Å². The van der Waals surface area contributed by atoms with E-state index in [4.69, 9.17) is 0 Å². The molecule has 2 saturated heterocycles. The number of carbonyl (C=O) groups excluding carboxylic acids is 2. The third-order valence-corrected chi connectivity index (χ3v) is 6.16. The van der Waals surface area contributed by atoms with Gasteiger partial charge >= 0.3 is 6.03 Å². The number of hydrogen-bond acceptors (Lipinski definition) is 4. The van der Waals surface area contributed by atoms with Gasteiger partial charge < -0.3 is 14.7 Å². The highest BCUT2D eigenvalue weighted by Gasteiger charge is 2.57. The Bertz CT molecular complexity index is 498. The molecule has 150 valence electrons. The predicted molar refractivity (Wildman–Crippen MR) is 105 cm³/mol. The lowest BCUT2D eigenvalue weighted by Crippen LogP contribution is -2.58. The Morgan fingerprint density at radius 1 is 1.08 bits per heavy atom. The van der Waals surface area contributed by atoms with Gasteiger partial charge in [0.25, 0.3) is 5.91 Å². The summed E-state index contributed by atoms with van der Waals surface area (Å²) in [7, 11) is 3.95. The number of rotatable bonds is 8. The van der Waals surface area contributed by atoms with Crippen LogP contribution in [-0.2, 0) is 4.79 Å². The molecule has 0 bridgehead atoms. The van der Waals surface area contributed by atoms with E-state index in [0.717, 1.165) is 38.8 Å². The summed E-state index contributed by atoms with van der Waals surface area (Å²) in [5.74, 6) is 0.558. The SMILES string of the molecule is CCC(C)N1CCC2(CC1)C(=O)N(CCN(C)C)C(=O)N2CCC(C)C. The second kappa shape index (κ2) is 8.70. The van der Waals surface area contributed by atoms with Crippen LogP contribution in [0.1, 0.15) is 53.4 Å². The molecule has 0 radical (unpaired) electrons. The first-order valence-corrected chi connectivity index (χ1v) is 10.2. The molecule has 3 amide bonds. The minimum atomic E-state index is -0.609. The van der Waals surface area contributed by atoms with Crippen LogP contribution in [0, 0.1) is 5.92 Å². The molecule has 0 aromatic heterocycles. The van der Waals surface area contributed by atoms with E-state index in [2.05, 4.69) is 32.6 Å². The van der Waals surface area contributed by atoms with Crippen LogP contribution < -0.4 is 0 Å². The van der Waals surface area contributed by atoms with E-state index in [0.29, 0.717) is 31.6 Å². The number of likely N-dealkylation sites (N-methyl/N-ethyl adjacent to an activating group) is 1. The molecular formula is C20H38N4O2. The van der Waals surface area contributed by atoms with Crippen LogP contribution in [-0.4, -0.2) is 89.9 Å². The molecule has 0 aromatic rings. The number of urea groups is 1. The van der Waals surface area contributed by atoms with Gasteiger partial charge in [0.05, 0.1) is 0 Å². The molecule has 2 aliphatic rings. The molecule has 2 heterocycles.